The van der Waals surface area contributed by atoms with Gasteiger partial charge in [0.2, 0.25) is 0 Å². The highest BCUT2D eigenvalue weighted by molar-refractivity contribution is 5.76. The normalized spacial score (nSPS) is 42.4. The fourth-order valence-corrected chi connectivity index (χ4v) is 2.60. The molecule has 5 atom stereocenters. The van der Waals surface area contributed by atoms with E-state index < -0.39 is 61.1 Å². The summed E-state index contributed by atoms with van der Waals surface area (Å²) < 4.78 is 71.2. The first-order chi connectivity index (χ1) is 10.8. The Labute approximate surface area is 132 Å². The summed E-state index contributed by atoms with van der Waals surface area (Å²) in [7, 11) is 0. The maximum absolute atomic E-state index is 13.1. The van der Waals surface area contributed by atoms with Gasteiger partial charge in [-0.3, -0.25) is 0 Å². The minimum Gasteiger partial charge on any atom is -0.477 e. The molecule has 12 heteroatoms. The number of aliphatic hydroxyl groups excluding tert-OH is 1. The Hall–Kier alpha value is -1.05. The molecular weight excluding hydrogens is 348 g/mol. The predicted octanol–water partition coefficient (Wildman–Crippen LogP) is -0.0845. The van der Waals surface area contributed by atoms with Crippen molar-refractivity contribution in [1.29, 1.82) is 0 Å². The van der Waals surface area contributed by atoms with Crippen LogP contribution in [0.15, 0.2) is 0 Å². The molecule has 0 bridgehead atoms. The fraction of sp³-hybridized carbons (Fsp3) is 0.917. The van der Waals surface area contributed by atoms with Gasteiger partial charge in [0.05, 0.1) is 6.61 Å². The largest absolute Gasteiger partial charge is 0.477 e. The van der Waals surface area contributed by atoms with Gasteiger partial charge in [-0.15, -0.1) is 0 Å². The zero-order valence-electron chi connectivity index (χ0n) is 12.5. The van der Waals surface area contributed by atoms with E-state index in [1.165, 1.54) is 13.8 Å². The summed E-state index contributed by atoms with van der Waals surface area (Å²) in [6.07, 6.45) is -11.1. The zero-order valence-corrected chi connectivity index (χ0v) is 12.5. The average Bonchev–Trinajstić information content (AvgIpc) is 2.94. The predicted molar refractivity (Wildman–Crippen MR) is 64.2 cm³/mol. The number of hydrogen-bond acceptors (Lipinski definition) is 7. The van der Waals surface area contributed by atoms with Crippen LogP contribution < -0.4 is 0 Å². The summed E-state index contributed by atoms with van der Waals surface area (Å²) in [6.45, 7) is -0.807. The SMILES string of the molecule is CC1(C)O[C@@H]([C@@H]2OC(CF)(C(F)(F)F)O[C@@H]2CO)[C@](O)(C(=O)O)O1. The van der Waals surface area contributed by atoms with Crippen LogP contribution >= 0.6 is 0 Å². The topological polar surface area (TPSA) is 115 Å². The monoisotopic (exact) mass is 364 g/mol. The smallest absolute Gasteiger partial charge is 0.446 e. The average molecular weight is 364 g/mol. The number of hydrogen-bond donors (Lipinski definition) is 3. The molecule has 1 unspecified atom stereocenters. The molecule has 2 rings (SSSR count). The van der Waals surface area contributed by atoms with E-state index in [1.54, 1.807) is 0 Å². The molecule has 2 saturated heterocycles. The van der Waals surface area contributed by atoms with Crippen LogP contribution in [-0.4, -0.2) is 76.4 Å². The van der Waals surface area contributed by atoms with Gasteiger partial charge >= 0.3 is 12.1 Å². The highest BCUT2D eigenvalue weighted by atomic mass is 19.4. The van der Waals surface area contributed by atoms with Crippen LogP contribution in [0.1, 0.15) is 13.8 Å². The number of aliphatic hydroxyl groups is 2. The Morgan fingerprint density at radius 1 is 1.21 bits per heavy atom. The molecular formula is C12H16F4O8. The summed E-state index contributed by atoms with van der Waals surface area (Å²) in [5.74, 6) is -10.4. The maximum atomic E-state index is 13.1. The molecule has 0 aromatic carbocycles. The summed E-state index contributed by atoms with van der Waals surface area (Å²) >= 11 is 0. The van der Waals surface area contributed by atoms with Crippen molar-refractivity contribution in [3.8, 4) is 0 Å². The van der Waals surface area contributed by atoms with Crippen LogP contribution in [0.3, 0.4) is 0 Å². The second-order valence-corrected chi connectivity index (χ2v) is 5.85. The third kappa shape index (κ3) is 2.86. The van der Waals surface area contributed by atoms with Gasteiger partial charge in [0.1, 0.15) is 12.2 Å². The quantitative estimate of drug-likeness (QED) is 0.594. The van der Waals surface area contributed by atoms with Crippen molar-refractivity contribution in [1.82, 2.24) is 0 Å². The van der Waals surface area contributed by atoms with Crippen molar-refractivity contribution in [2.45, 2.75) is 55.7 Å². The van der Waals surface area contributed by atoms with Crippen LogP contribution in [-0.2, 0) is 23.7 Å². The molecule has 0 spiro atoms. The highest BCUT2D eigenvalue weighted by Gasteiger charge is 2.71. The summed E-state index contributed by atoms with van der Waals surface area (Å²) in [5.41, 5.74) is 0. The van der Waals surface area contributed by atoms with E-state index >= 15 is 0 Å². The van der Waals surface area contributed by atoms with Crippen molar-refractivity contribution in [3.05, 3.63) is 0 Å². The highest BCUT2D eigenvalue weighted by Crippen LogP contribution is 2.47. The molecule has 24 heavy (non-hydrogen) atoms. The third-order valence-electron chi connectivity index (χ3n) is 3.63. The molecule has 0 aromatic rings. The first-order valence-corrected chi connectivity index (χ1v) is 6.75. The number of ether oxygens (including phenoxy) is 4. The molecule has 2 aliphatic rings. The molecule has 2 heterocycles. The molecule has 2 fully saturated rings. The molecule has 2 aliphatic heterocycles. The fourth-order valence-electron chi connectivity index (χ4n) is 2.60. The molecule has 0 amide bonds. The van der Waals surface area contributed by atoms with Gasteiger partial charge in [-0.05, 0) is 13.8 Å². The number of carboxylic acid groups (broad SMARTS) is 1. The Morgan fingerprint density at radius 3 is 2.21 bits per heavy atom. The first-order valence-electron chi connectivity index (χ1n) is 6.75. The number of carbonyl (C=O) groups is 1. The minimum atomic E-state index is -5.32. The van der Waals surface area contributed by atoms with Crippen molar-refractivity contribution in [2.24, 2.45) is 0 Å². The van der Waals surface area contributed by atoms with Gasteiger partial charge in [0, 0.05) is 0 Å². The van der Waals surface area contributed by atoms with Crippen molar-refractivity contribution >= 4 is 5.97 Å². The number of aliphatic carboxylic acids is 1. The maximum Gasteiger partial charge on any atom is 0.446 e. The molecule has 0 aliphatic carbocycles. The van der Waals surface area contributed by atoms with Crippen LogP contribution in [0.2, 0.25) is 0 Å². The molecule has 8 nitrogen and oxygen atoms in total. The molecule has 0 aromatic heterocycles. The molecule has 0 saturated carbocycles. The number of alkyl halides is 4. The number of rotatable bonds is 4. The van der Waals surface area contributed by atoms with Gasteiger partial charge < -0.3 is 34.3 Å². The summed E-state index contributed by atoms with van der Waals surface area (Å²) in [6, 6.07) is 0. The Bertz CT molecular complexity index is 512. The Morgan fingerprint density at radius 2 is 1.79 bits per heavy atom. The first kappa shape index (κ1) is 19.3. The van der Waals surface area contributed by atoms with E-state index in [4.69, 9.17) is 14.6 Å². The third-order valence-corrected chi connectivity index (χ3v) is 3.63. The number of halogens is 4. The molecule has 140 valence electrons. The Kier molecular flexibility index (Phi) is 4.61. The molecule has 0 radical (unpaired) electrons. The zero-order chi connectivity index (χ0) is 18.6. The second kappa shape index (κ2) is 5.75. The van der Waals surface area contributed by atoms with Gasteiger partial charge in [0.25, 0.3) is 11.6 Å². The van der Waals surface area contributed by atoms with Crippen LogP contribution in [0.25, 0.3) is 0 Å². The van der Waals surface area contributed by atoms with Crippen LogP contribution in [0.5, 0.6) is 0 Å². The lowest BCUT2D eigenvalue weighted by molar-refractivity contribution is -0.358. The minimum absolute atomic E-state index is 1.07. The van der Waals surface area contributed by atoms with Crippen molar-refractivity contribution < 1.29 is 56.6 Å². The lowest BCUT2D eigenvalue weighted by Crippen LogP contribution is -2.56. The molecule has 3 N–H and O–H groups in total. The standard InChI is InChI=1S/C12H16F4O8/c1-9(2)23-7(11(20,24-9)8(18)19)6-5(3-17)21-10(4-13,22-6)12(14,15)16/h5-7,17,20H,3-4H2,1-2H3,(H,18,19)/t5-,6-,7+,10?,11-/m1/s1. The lowest BCUT2D eigenvalue weighted by Gasteiger charge is -2.29. The van der Waals surface area contributed by atoms with Gasteiger partial charge in [-0.2, -0.15) is 13.2 Å². The summed E-state index contributed by atoms with van der Waals surface area (Å²) in [4.78, 5) is 11.3. The van der Waals surface area contributed by atoms with E-state index in [2.05, 4.69) is 9.47 Å². The van der Waals surface area contributed by atoms with E-state index in [9.17, 15) is 32.6 Å². The van der Waals surface area contributed by atoms with E-state index in [0.717, 1.165) is 0 Å². The van der Waals surface area contributed by atoms with Gasteiger partial charge in [0.15, 0.2) is 18.6 Å². The van der Waals surface area contributed by atoms with Crippen molar-refractivity contribution in [3.63, 3.8) is 0 Å². The van der Waals surface area contributed by atoms with E-state index in [0.29, 0.717) is 0 Å². The lowest BCUT2D eigenvalue weighted by atomic mass is 10.0. The van der Waals surface area contributed by atoms with Crippen molar-refractivity contribution in [2.75, 3.05) is 13.3 Å². The van der Waals surface area contributed by atoms with E-state index in [-0.39, 0.29) is 0 Å². The Balaban J connectivity index is 2.41. The van der Waals surface area contributed by atoms with Crippen LogP contribution in [0.4, 0.5) is 17.6 Å². The van der Waals surface area contributed by atoms with E-state index in [1.807, 2.05) is 0 Å². The van der Waals surface area contributed by atoms with Crippen LogP contribution in [0, 0.1) is 0 Å². The van der Waals surface area contributed by atoms with Gasteiger partial charge in [-0.1, -0.05) is 0 Å². The summed E-state index contributed by atoms with van der Waals surface area (Å²) in [5, 5.41) is 28.5. The second-order valence-electron chi connectivity index (χ2n) is 5.85. The number of carboxylic acids is 1. The van der Waals surface area contributed by atoms with Gasteiger partial charge in [-0.25, -0.2) is 9.18 Å².